The number of aryl methyl sites for hydroxylation is 1. The molecule has 0 aliphatic carbocycles. The van der Waals surface area contributed by atoms with Crippen molar-refractivity contribution in [1.29, 1.82) is 0 Å². The van der Waals surface area contributed by atoms with Crippen LogP contribution in [0.5, 0.6) is 0 Å². The van der Waals surface area contributed by atoms with Gasteiger partial charge in [-0.1, -0.05) is 0 Å². The summed E-state index contributed by atoms with van der Waals surface area (Å²) < 4.78 is 4.31. The maximum absolute atomic E-state index is 12.8. The third kappa shape index (κ3) is 2.20. The van der Waals surface area contributed by atoms with Crippen molar-refractivity contribution >= 4 is 22.4 Å². The van der Waals surface area contributed by atoms with Crippen LogP contribution in [-0.2, 0) is 0 Å². The normalized spacial score (nSPS) is 26.6. The Kier molecular flexibility index (Phi) is 3.69. The molecule has 2 fully saturated rings. The molecule has 20 heavy (non-hydrogen) atoms. The lowest BCUT2D eigenvalue weighted by atomic mass is 10.1. The molecule has 2 aliphatic rings. The van der Waals surface area contributed by atoms with Gasteiger partial charge in [-0.25, -0.2) is 0 Å². The number of aromatic nitrogens is 1. The molecule has 1 aromatic heterocycles. The number of nitrogens with one attached hydrogen (secondary N) is 1. The number of likely N-dealkylation sites (tertiary alicyclic amines) is 1. The molecule has 1 amide bonds. The summed E-state index contributed by atoms with van der Waals surface area (Å²) in [5.41, 5.74) is 1.60. The van der Waals surface area contributed by atoms with Gasteiger partial charge in [0, 0.05) is 32.2 Å². The van der Waals surface area contributed by atoms with Gasteiger partial charge in [0.2, 0.25) is 0 Å². The summed E-state index contributed by atoms with van der Waals surface area (Å²) in [5.74, 6) is 0.140. The van der Waals surface area contributed by atoms with Crippen LogP contribution in [0.25, 0.3) is 0 Å². The van der Waals surface area contributed by atoms with Crippen LogP contribution >= 0.6 is 11.5 Å². The van der Waals surface area contributed by atoms with Gasteiger partial charge >= 0.3 is 0 Å². The zero-order valence-corrected chi connectivity index (χ0v) is 13.2. The third-order valence-electron chi connectivity index (χ3n) is 4.74. The van der Waals surface area contributed by atoms with Crippen molar-refractivity contribution in [2.45, 2.75) is 38.3 Å². The van der Waals surface area contributed by atoms with E-state index in [1.54, 1.807) is 0 Å². The zero-order valence-electron chi connectivity index (χ0n) is 12.3. The fraction of sp³-hybridized carbons (Fsp3) is 0.714. The largest absolute Gasteiger partial charge is 0.378 e. The Labute approximate surface area is 124 Å². The maximum atomic E-state index is 12.8. The molecule has 5 nitrogen and oxygen atoms in total. The highest BCUT2D eigenvalue weighted by molar-refractivity contribution is 7.10. The average Bonchev–Trinajstić information content (AvgIpc) is 2.90. The van der Waals surface area contributed by atoms with Crippen LogP contribution in [0.4, 0.5) is 5.00 Å². The number of rotatable bonds is 2. The van der Waals surface area contributed by atoms with E-state index < -0.39 is 0 Å². The molecule has 6 heteroatoms. The fourth-order valence-corrected chi connectivity index (χ4v) is 4.18. The number of amides is 1. The number of likely N-dealkylation sites (N-methyl/N-ethyl adjacent to an activating group) is 1. The molecule has 1 N–H and O–H groups in total. The lowest BCUT2D eigenvalue weighted by Gasteiger charge is -2.26. The van der Waals surface area contributed by atoms with Gasteiger partial charge in [-0.3, -0.25) is 9.69 Å². The molecular formula is C14H22N4OS. The lowest BCUT2D eigenvalue weighted by Crippen LogP contribution is -2.40. The summed E-state index contributed by atoms with van der Waals surface area (Å²) in [4.78, 5) is 17.3. The standard InChI is InChI=1S/C14H22N4OS/c1-9-12(13(15-2)20-16-9)14(19)18-7-6-10-4-5-11(8-18)17(10)3/h10-11,15H,4-8H2,1-3H3/t10-,11+/m1/s1. The molecule has 110 valence electrons. The zero-order chi connectivity index (χ0) is 14.3. The van der Waals surface area contributed by atoms with Gasteiger partial charge in [0.05, 0.1) is 11.3 Å². The molecule has 0 unspecified atom stereocenters. The minimum Gasteiger partial charge on any atom is -0.378 e. The SMILES string of the molecule is CNc1snc(C)c1C(=O)N1CC[C@H]2CC[C@@H](C1)N2C. The van der Waals surface area contributed by atoms with Gasteiger partial charge in [0.25, 0.3) is 5.91 Å². The third-order valence-corrected chi connectivity index (χ3v) is 5.70. The van der Waals surface area contributed by atoms with Crippen LogP contribution in [0.15, 0.2) is 0 Å². The molecule has 2 bridgehead atoms. The first kappa shape index (κ1) is 13.8. The van der Waals surface area contributed by atoms with Crippen LogP contribution < -0.4 is 5.32 Å². The first-order valence-corrected chi connectivity index (χ1v) is 8.04. The Morgan fingerprint density at radius 3 is 2.85 bits per heavy atom. The Bertz CT molecular complexity index is 515. The van der Waals surface area contributed by atoms with Crippen LogP contribution in [0.1, 0.15) is 35.3 Å². The number of carbonyl (C=O) groups excluding carboxylic acids is 1. The van der Waals surface area contributed by atoms with Gasteiger partial charge in [-0.2, -0.15) is 4.37 Å². The van der Waals surface area contributed by atoms with E-state index in [1.807, 2.05) is 18.9 Å². The molecule has 2 aliphatic heterocycles. The number of hydrogen-bond donors (Lipinski definition) is 1. The average molecular weight is 294 g/mol. The minimum atomic E-state index is 0.140. The van der Waals surface area contributed by atoms with Crippen LogP contribution in [0, 0.1) is 6.92 Å². The Hall–Kier alpha value is -1.14. The number of hydrogen-bond acceptors (Lipinski definition) is 5. The minimum absolute atomic E-state index is 0.140. The second-order valence-corrected chi connectivity index (χ2v) is 6.59. The van der Waals surface area contributed by atoms with E-state index in [0.717, 1.165) is 35.8 Å². The first-order chi connectivity index (χ1) is 9.61. The van der Waals surface area contributed by atoms with Crippen molar-refractivity contribution in [1.82, 2.24) is 14.2 Å². The molecule has 3 heterocycles. The van der Waals surface area contributed by atoms with E-state index in [4.69, 9.17) is 0 Å². The molecule has 0 saturated carbocycles. The van der Waals surface area contributed by atoms with E-state index in [0.29, 0.717) is 12.1 Å². The van der Waals surface area contributed by atoms with E-state index >= 15 is 0 Å². The number of anilines is 1. The van der Waals surface area contributed by atoms with Crippen molar-refractivity contribution in [2.24, 2.45) is 0 Å². The highest BCUT2D eigenvalue weighted by Gasteiger charge is 2.37. The monoisotopic (exact) mass is 294 g/mol. The smallest absolute Gasteiger partial charge is 0.258 e. The van der Waals surface area contributed by atoms with Gasteiger partial charge < -0.3 is 10.2 Å². The summed E-state index contributed by atoms with van der Waals surface area (Å²) in [6, 6.07) is 1.18. The van der Waals surface area contributed by atoms with Crippen molar-refractivity contribution in [3.63, 3.8) is 0 Å². The van der Waals surface area contributed by atoms with Gasteiger partial charge in [-0.15, -0.1) is 0 Å². The number of nitrogens with zero attached hydrogens (tertiary/aromatic N) is 3. The lowest BCUT2D eigenvalue weighted by molar-refractivity contribution is 0.0740. The van der Waals surface area contributed by atoms with Crippen molar-refractivity contribution < 1.29 is 4.79 Å². The summed E-state index contributed by atoms with van der Waals surface area (Å²) in [7, 11) is 4.05. The van der Waals surface area contributed by atoms with E-state index in [9.17, 15) is 4.79 Å². The Balaban J connectivity index is 1.82. The number of fused-ring (bicyclic) bond motifs is 2. The second-order valence-electron chi connectivity index (χ2n) is 5.81. The topological polar surface area (TPSA) is 48.5 Å². The van der Waals surface area contributed by atoms with Crippen LogP contribution in [0.3, 0.4) is 0 Å². The molecule has 2 saturated heterocycles. The maximum Gasteiger partial charge on any atom is 0.258 e. The van der Waals surface area contributed by atoms with E-state index in [1.165, 1.54) is 24.4 Å². The highest BCUT2D eigenvalue weighted by Crippen LogP contribution is 2.31. The van der Waals surface area contributed by atoms with Gasteiger partial charge in [0.15, 0.2) is 0 Å². The van der Waals surface area contributed by atoms with Crippen LogP contribution in [-0.4, -0.2) is 59.3 Å². The van der Waals surface area contributed by atoms with Gasteiger partial charge in [0.1, 0.15) is 5.00 Å². The molecule has 0 aromatic carbocycles. The predicted octanol–water partition coefficient (Wildman–Crippen LogP) is 1.80. The molecule has 0 radical (unpaired) electrons. The predicted molar refractivity (Wildman–Crippen MR) is 81.5 cm³/mol. The van der Waals surface area contributed by atoms with Gasteiger partial charge in [-0.05, 0) is 44.8 Å². The quantitative estimate of drug-likeness (QED) is 0.903. The van der Waals surface area contributed by atoms with E-state index in [2.05, 4.69) is 21.6 Å². The molecule has 0 spiro atoms. The summed E-state index contributed by atoms with van der Waals surface area (Å²) in [6.07, 6.45) is 3.58. The molecule has 2 atom stereocenters. The number of carbonyl (C=O) groups is 1. The molecular weight excluding hydrogens is 272 g/mol. The van der Waals surface area contributed by atoms with Crippen molar-refractivity contribution in [3.05, 3.63) is 11.3 Å². The Morgan fingerprint density at radius 1 is 1.35 bits per heavy atom. The summed E-state index contributed by atoms with van der Waals surface area (Å²) in [6.45, 7) is 3.63. The molecule has 1 aromatic rings. The summed E-state index contributed by atoms with van der Waals surface area (Å²) >= 11 is 1.37. The summed E-state index contributed by atoms with van der Waals surface area (Å²) in [5, 5.41) is 3.98. The second kappa shape index (κ2) is 5.33. The van der Waals surface area contributed by atoms with Crippen molar-refractivity contribution in [3.8, 4) is 0 Å². The first-order valence-electron chi connectivity index (χ1n) is 7.27. The fourth-order valence-electron chi connectivity index (χ4n) is 3.44. The van der Waals surface area contributed by atoms with E-state index in [-0.39, 0.29) is 5.91 Å². The molecule has 3 rings (SSSR count). The van der Waals surface area contributed by atoms with Crippen molar-refractivity contribution in [2.75, 3.05) is 32.5 Å². The Morgan fingerprint density at radius 2 is 2.10 bits per heavy atom. The highest BCUT2D eigenvalue weighted by atomic mass is 32.1. The van der Waals surface area contributed by atoms with Crippen LogP contribution in [0.2, 0.25) is 0 Å².